The quantitative estimate of drug-likeness (QED) is 0.445. The van der Waals surface area contributed by atoms with Gasteiger partial charge in [-0.3, -0.25) is 15.0 Å². The lowest BCUT2D eigenvalue weighted by Crippen LogP contribution is -2.65. The maximum atomic E-state index is 11.6. The van der Waals surface area contributed by atoms with Crippen LogP contribution in [-0.2, 0) is 9.53 Å². The number of ether oxygens (including phenoxy) is 1. The zero-order chi connectivity index (χ0) is 13.5. The smallest absolute Gasteiger partial charge is 0.326 e. The summed E-state index contributed by atoms with van der Waals surface area (Å²) in [6.45, 7) is 0.715. The van der Waals surface area contributed by atoms with Gasteiger partial charge in [-0.05, 0) is 6.92 Å². The van der Waals surface area contributed by atoms with Gasteiger partial charge in [-0.2, -0.15) is 0 Å². The minimum atomic E-state index is -1.69. The van der Waals surface area contributed by atoms with Gasteiger partial charge in [0.25, 0.3) is 5.91 Å². The second-order valence-corrected chi connectivity index (χ2v) is 4.78. The molecule has 2 aliphatic heterocycles. The fraction of sp³-hybridized carbons (Fsp3) is 0.800. The number of aliphatic hydroxyl groups excluding tert-OH is 2. The average molecular weight is 260 g/mol. The molecule has 0 aromatic carbocycles. The molecule has 0 bridgehead atoms. The molecule has 0 aromatic heterocycles. The van der Waals surface area contributed by atoms with Gasteiger partial charge in [0.1, 0.15) is 12.3 Å². The molecule has 8 nitrogen and oxygen atoms in total. The van der Waals surface area contributed by atoms with Gasteiger partial charge in [-0.1, -0.05) is 0 Å². The number of carbonyl (C=O) groups excluding carboxylic acids is 2. The summed E-state index contributed by atoms with van der Waals surface area (Å²) in [5.74, 6) is -0.763. The molecular formula is C10H16N2O6. The number of β-amino-alcohol motifs (C(OH)–C–C–N with tert-alkyl or cyclic N) is 1. The third-order valence-corrected chi connectivity index (χ3v) is 3.18. The highest BCUT2D eigenvalue weighted by Gasteiger charge is 2.46. The molecular weight excluding hydrogens is 244 g/mol. The number of hydrogen-bond acceptors (Lipinski definition) is 6. The van der Waals surface area contributed by atoms with E-state index in [1.54, 1.807) is 0 Å². The van der Waals surface area contributed by atoms with Crippen molar-refractivity contribution in [2.45, 2.75) is 37.4 Å². The number of imide groups is 1. The van der Waals surface area contributed by atoms with Crippen LogP contribution in [-0.4, -0.2) is 69.3 Å². The Kier molecular flexibility index (Phi) is 3.28. The number of urea groups is 1. The molecule has 4 N–H and O–H groups in total. The highest BCUT2D eigenvalue weighted by atomic mass is 16.5. The van der Waals surface area contributed by atoms with Gasteiger partial charge >= 0.3 is 6.03 Å². The summed E-state index contributed by atoms with van der Waals surface area (Å²) >= 11 is 0. The van der Waals surface area contributed by atoms with Gasteiger partial charge in [0.2, 0.25) is 0 Å². The summed E-state index contributed by atoms with van der Waals surface area (Å²) in [5.41, 5.74) is -1.69. The van der Waals surface area contributed by atoms with Crippen LogP contribution in [0.15, 0.2) is 0 Å². The maximum absolute atomic E-state index is 11.6. The van der Waals surface area contributed by atoms with Crippen LogP contribution < -0.4 is 5.32 Å². The second-order valence-electron chi connectivity index (χ2n) is 4.78. The Bertz CT molecular complexity index is 371. The van der Waals surface area contributed by atoms with E-state index < -0.39 is 36.0 Å². The van der Waals surface area contributed by atoms with E-state index >= 15 is 0 Å². The van der Waals surface area contributed by atoms with Gasteiger partial charge in [0.05, 0.1) is 19.3 Å². The Hall–Kier alpha value is -1.22. The summed E-state index contributed by atoms with van der Waals surface area (Å²) in [7, 11) is 0. The molecule has 2 fully saturated rings. The predicted molar refractivity (Wildman–Crippen MR) is 57.2 cm³/mol. The first-order chi connectivity index (χ1) is 8.35. The Morgan fingerprint density at radius 1 is 1.56 bits per heavy atom. The Labute approximate surface area is 103 Å². The van der Waals surface area contributed by atoms with Gasteiger partial charge in [0, 0.05) is 6.42 Å². The molecule has 0 aliphatic carbocycles. The van der Waals surface area contributed by atoms with Gasteiger partial charge in [0.15, 0.2) is 5.60 Å². The van der Waals surface area contributed by atoms with Crippen LogP contribution in [0.2, 0.25) is 0 Å². The van der Waals surface area contributed by atoms with Crippen LogP contribution in [0.4, 0.5) is 4.79 Å². The normalized spacial score (nSPS) is 41.1. The molecule has 2 rings (SSSR count). The molecule has 2 unspecified atom stereocenters. The van der Waals surface area contributed by atoms with Crippen molar-refractivity contribution in [1.29, 1.82) is 0 Å². The molecule has 0 spiro atoms. The third kappa shape index (κ3) is 2.19. The highest BCUT2D eigenvalue weighted by molar-refractivity contribution is 6.01. The summed E-state index contributed by atoms with van der Waals surface area (Å²) in [6.07, 6.45) is -2.28. The van der Waals surface area contributed by atoms with Crippen LogP contribution in [0.3, 0.4) is 0 Å². The van der Waals surface area contributed by atoms with Gasteiger partial charge in [-0.15, -0.1) is 0 Å². The zero-order valence-corrected chi connectivity index (χ0v) is 9.87. The number of nitrogens with one attached hydrogen (secondary N) is 1. The molecule has 102 valence electrons. The fourth-order valence-electron chi connectivity index (χ4n) is 2.08. The molecule has 0 radical (unpaired) electrons. The Morgan fingerprint density at radius 3 is 2.78 bits per heavy atom. The van der Waals surface area contributed by atoms with Crippen molar-refractivity contribution in [2.24, 2.45) is 0 Å². The largest absolute Gasteiger partial charge is 0.394 e. The molecule has 0 aromatic rings. The minimum absolute atomic E-state index is 0.128. The summed E-state index contributed by atoms with van der Waals surface area (Å²) in [5, 5.41) is 30.4. The van der Waals surface area contributed by atoms with E-state index in [1.807, 2.05) is 5.32 Å². The maximum Gasteiger partial charge on any atom is 0.326 e. The van der Waals surface area contributed by atoms with Crippen LogP contribution in [0.25, 0.3) is 0 Å². The van der Waals surface area contributed by atoms with E-state index in [0.717, 1.165) is 4.90 Å². The molecule has 0 saturated carbocycles. The zero-order valence-electron chi connectivity index (χ0n) is 9.87. The lowest BCUT2D eigenvalue weighted by atomic mass is 10.0. The van der Waals surface area contributed by atoms with Crippen molar-refractivity contribution in [3.05, 3.63) is 0 Å². The number of nitrogens with zero attached hydrogens (tertiary/aromatic N) is 1. The number of hydrogen-bond donors (Lipinski definition) is 4. The highest BCUT2D eigenvalue weighted by Crippen LogP contribution is 2.26. The molecule has 18 heavy (non-hydrogen) atoms. The van der Waals surface area contributed by atoms with Crippen molar-refractivity contribution in [3.63, 3.8) is 0 Å². The monoisotopic (exact) mass is 260 g/mol. The third-order valence-electron chi connectivity index (χ3n) is 3.18. The van der Waals surface area contributed by atoms with E-state index in [4.69, 9.17) is 9.84 Å². The number of aliphatic hydroxyl groups is 3. The topological polar surface area (TPSA) is 119 Å². The fourth-order valence-corrected chi connectivity index (χ4v) is 2.08. The summed E-state index contributed by atoms with van der Waals surface area (Å²) in [6, 6.07) is -0.678. The van der Waals surface area contributed by atoms with Gasteiger partial charge in [-0.25, -0.2) is 4.79 Å². The number of amides is 3. The summed E-state index contributed by atoms with van der Waals surface area (Å²) < 4.78 is 5.30. The molecule has 2 saturated heterocycles. The lowest BCUT2D eigenvalue weighted by Gasteiger charge is -2.38. The first-order valence-electron chi connectivity index (χ1n) is 5.64. The minimum Gasteiger partial charge on any atom is -0.394 e. The summed E-state index contributed by atoms with van der Waals surface area (Å²) in [4.78, 5) is 24.1. The predicted octanol–water partition coefficient (Wildman–Crippen LogP) is -2.24. The molecule has 3 amide bonds. The standard InChI is InChI=1S/C10H16N2O6/c1-10(17)4-12(9(16)11-8(10)15)7-2-5(14)6(3-13)18-7/h5-7,13-14,17H,2-4H2,1H3,(H,11,15,16)/t5?,6-,7-,10?/m1/s1. The first-order valence-corrected chi connectivity index (χ1v) is 5.64. The number of rotatable bonds is 2. The van der Waals surface area contributed by atoms with Crippen molar-refractivity contribution in [3.8, 4) is 0 Å². The van der Waals surface area contributed by atoms with E-state index in [9.17, 15) is 19.8 Å². The lowest BCUT2D eigenvalue weighted by molar-refractivity contribution is -0.147. The van der Waals surface area contributed by atoms with E-state index in [1.165, 1.54) is 6.92 Å². The SMILES string of the molecule is CC1(O)CN([C@H]2CC(O)[C@@H](CO)O2)C(=O)NC1=O. The molecule has 2 heterocycles. The van der Waals surface area contributed by atoms with Crippen LogP contribution in [0, 0.1) is 0 Å². The van der Waals surface area contributed by atoms with Crippen LogP contribution in [0.5, 0.6) is 0 Å². The van der Waals surface area contributed by atoms with E-state index in [2.05, 4.69) is 0 Å². The van der Waals surface area contributed by atoms with Crippen molar-refractivity contribution < 1.29 is 29.6 Å². The Balaban J connectivity index is 2.10. The van der Waals surface area contributed by atoms with Crippen molar-refractivity contribution in [1.82, 2.24) is 10.2 Å². The number of carbonyl (C=O) groups is 2. The first kappa shape index (κ1) is 13.2. The average Bonchev–Trinajstić information content (AvgIpc) is 2.65. The molecule has 8 heteroatoms. The molecule has 4 atom stereocenters. The Morgan fingerprint density at radius 2 is 2.22 bits per heavy atom. The van der Waals surface area contributed by atoms with Crippen molar-refractivity contribution in [2.75, 3.05) is 13.2 Å². The van der Waals surface area contributed by atoms with E-state index in [0.29, 0.717) is 0 Å². The second kappa shape index (κ2) is 4.47. The van der Waals surface area contributed by atoms with E-state index in [-0.39, 0.29) is 19.6 Å². The van der Waals surface area contributed by atoms with Crippen molar-refractivity contribution >= 4 is 11.9 Å². The van der Waals surface area contributed by atoms with Crippen LogP contribution >= 0.6 is 0 Å². The van der Waals surface area contributed by atoms with Gasteiger partial charge < -0.3 is 20.1 Å². The van der Waals surface area contributed by atoms with Crippen LogP contribution in [0.1, 0.15) is 13.3 Å². The molecule has 2 aliphatic rings.